The van der Waals surface area contributed by atoms with Crippen molar-refractivity contribution in [2.75, 3.05) is 13.2 Å². The Morgan fingerprint density at radius 1 is 1.15 bits per heavy atom. The van der Waals surface area contributed by atoms with Crippen molar-refractivity contribution in [2.24, 2.45) is 11.8 Å². The average Bonchev–Trinajstić information content (AvgIpc) is 3.01. The van der Waals surface area contributed by atoms with E-state index >= 15 is 0 Å². The third kappa shape index (κ3) is 3.37. The Hall–Kier alpha value is -1.57. The zero-order valence-electron chi connectivity index (χ0n) is 14.0. The highest BCUT2D eigenvalue weighted by molar-refractivity contribution is 5.87. The van der Waals surface area contributed by atoms with Gasteiger partial charge in [0.05, 0.1) is 31.0 Å². The fraction of sp³-hybridized carbons (Fsp3) is 0.688. The maximum atomic E-state index is 11.4. The van der Waals surface area contributed by atoms with Crippen LogP contribution in [0, 0.1) is 11.8 Å². The largest absolute Gasteiger partial charge is 0.478 e. The highest BCUT2D eigenvalue weighted by atomic mass is 16.8. The molecule has 2 aliphatic heterocycles. The number of hydrogen-bond acceptors (Lipinski definition) is 10. The number of hydrogen-bond donors (Lipinski definition) is 7. The molecule has 0 bridgehead atoms. The van der Waals surface area contributed by atoms with Gasteiger partial charge in [0.2, 0.25) is 6.29 Å². The molecule has 1 aliphatic carbocycles. The van der Waals surface area contributed by atoms with E-state index in [1.54, 1.807) is 0 Å². The van der Waals surface area contributed by atoms with E-state index in [1.807, 2.05) is 0 Å². The number of fused-ring (bicyclic) bond motifs is 1. The molecule has 1 fully saturated rings. The van der Waals surface area contributed by atoms with E-state index in [0.717, 1.165) is 6.26 Å². The second-order valence-corrected chi connectivity index (χ2v) is 6.78. The Bertz CT molecular complexity index is 632. The van der Waals surface area contributed by atoms with E-state index in [-0.39, 0.29) is 5.57 Å². The third-order valence-electron chi connectivity index (χ3n) is 5.15. The molecule has 0 aromatic carbocycles. The van der Waals surface area contributed by atoms with Crippen LogP contribution in [0.5, 0.6) is 0 Å². The second-order valence-electron chi connectivity index (χ2n) is 6.78. The first kappa shape index (κ1) is 20.2. The third-order valence-corrected chi connectivity index (χ3v) is 5.15. The maximum absolute atomic E-state index is 11.4. The van der Waals surface area contributed by atoms with Crippen LogP contribution >= 0.6 is 0 Å². The van der Waals surface area contributed by atoms with Gasteiger partial charge in [0, 0.05) is 5.92 Å². The van der Waals surface area contributed by atoms with Gasteiger partial charge in [-0.25, -0.2) is 4.79 Å². The molecule has 2 heterocycles. The van der Waals surface area contributed by atoms with E-state index in [9.17, 15) is 40.5 Å². The van der Waals surface area contributed by atoms with Gasteiger partial charge in [-0.15, -0.1) is 0 Å². The van der Waals surface area contributed by atoms with Crippen LogP contribution < -0.4 is 0 Å². The number of aliphatic hydroxyl groups excluding tert-OH is 5. The first-order valence-electron chi connectivity index (χ1n) is 8.31. The van der Waals surface area contributed by atoms with Crippen molar-refractivity contribution in [1.82, 2.24) is 0 Å². The summed E-state index contributed by atoms with van der Waals surface area (Å²) in [5.74, 6) is -3.20. The van der Waals surface area contributed by atoms with Crippen molar-refractivity contribution in [3.05, 3.63) is 24.0 Å². The molecular weight excluding hydrogens is 368 g/mol. The second kappa shape index (κ2) is 7.45. The van der Waals surface area contributed by atoms with Crippen molar-refractivity contribution in [2.45, 2.75) is 42.6 Å². The normalized spacial score (nSPS) is 46.5. The van der Waals surface area contributed by atoms with Crippen LogP contribution in [0.15, 0.2) is 24.0 Å². The molecule has 6 unspecified atom stereocenters. The van der Waals surface area contributed by atoms with Crippen LogP contribution in [0.25, 0.3) is 0 Å². The number of carboxylic acid groups (broad SMARTS) is 1. The summed E-state index contributed by atoms with van der Waals surface area (Å²) >= 11 is 0. The number of carboxylic acids is 1. The molecule has 3 rings (SSSR count). The van der Waals surface area contributed by atoms with Gasteiger partial charge < -0.3 is 50.0 Å². The summed E-state index contributed by atoms with van der Waals surface area (Å²) in [5.41, 5.74) is -2.01. The van der Waals surface area contributed by atoms with Crippen LogP contribution in [0.2, 0.25) is 0 Å². The fourth-order valence-corrected chi connectivity index (χ4v) is 3.60. The first-order chi connectivity index (χ1) is 12.7. The number of rotatable bonds is 5. The Labute approximate surface area is 153 Å². The number of aliphatic hydroxyl groups is 6. The minimum Gasteiger partial charge on any atom is -0.478 e. The molecule has 0 spiro atoms. The number of aliphatic carboxylic acids is 1. The van der Waals surface area contributed by atoms with E-state index in [2.05, 4.69) is 0 Å². The summed E-state index contributed by atoms with van der Waals surface area (Å²) in [6, 6.07) is 0. The number of allylic oxidation sites excluding steroid dienone is 1. The van der Waals surface area contributed by atoms with Crippen LogP contribution in [-0.4, -0.2) is 97.5 Å². The molecule has 0 amide bonds. The molecule has 0 saturated carbocycles. The predicted octanol–water partition coefficient (Wildman–Crippen LogP) is -3.35. The van der Waals surface area contributed by atoms with Crippen LogP contribution in [-0.2, 0) is 19.0 Å². The smallest absolute Gasteiger partial charge is 0.335 e. The SMILES string of the molecule is O=C(O)C1=CO[C@@H](OC2OC(CO)C(O)C(O)C2O)C2[C@@H]1C=C[C@]2(O)CO. The standard InChI is InChI=1S/C16H22O11/c17-3-8-10(19)11(20)12(21)15(26-8)27-14-9-6(1-2-16(9,24)5-18)7(4-25-14)13(22)23/h1-2,4,6,8-12,14-15,17-21,24H,3,5H2,(H,22,23)/t6-,8?,9?,10?,11?,12?,14+,15?,16+/m1/s1. The molecule has 11 nitrogen and oxygen atoms in total. The zero-order valence-corrected chi connectivity index (χ0v) is 14.0. The average molecular weight is 390 g/mol. The summed E-state index contributed by atoms with van der Waals surface area (Å²) in [5, 5.41) is 68.4. The van der Waals surface area contributed by atoms with Crippen LogP contribution in [0.1, 0.15) is 0 Å². The van der Waals surface area contributed by atoms with Gasteiger partial charge >= 0.3 is 5.97 Å². The minimum atomic E-state index is -1.85. The number of carbonyl (C=O) groups is 1. The summed E-state index contributed by atoms with van der Waals surface area (Å²) in [4.78, 5) is 11.4. The molecule has 152 valence electrons. The van der Waals surface area contributed by atoms with Crippen LogP contribution in [0.3, 0.4) is 0 Å². The van der Waals surface area contributed by atoms with Crippen molar-refractivity contribution in [1.29, 1.82) is 0 Å². The Morgan fingerprint density at radius 2 is 1.85 bits per heavy atom. The lowest BCUT2D eigenvalue weighted by Crippen LogP contribution is -2.61. The van der Waals surface area contributed by atoms with Gasteiger partial charge in [-0.05, 0) is 0 Å². The number of ether oxygens (including phenoxy) is 3. The molecule has 27 heavy (non-hydrogen) atoms. The fourth-order valence-electron chi connectivity index (χ4n) is 3.60. The molecular formula is C16H22O11. The summed E-state index contributed by atoms with van der Waals surface area (Å²) in [6.07, 6.45) is -5.48. The van der Waals surface area contributed by atoms with Crippen LogP contribution in [0.4, 0.5) is 0 Å². The molecule has 0 aromatic heterocycles. The van der Waals surface area contributed by atoms with Crippen molar-refractivity contribution >= 4 is 5.97 Å². The van der Waals surface area contributed by atoms with Crippen molar-refractivity contribution in [3.63, 3.8) is 0 Å². The van der Waals surface area contributed by atoms with Gasteiger partial charge in [0.1, 0.15) is 30.0 Å². The van der Waals surface area contributed by atoms with Gasteiger partial charge in [-0.1, -0.05) is 12.2 Å². The molecule has 9 atom stereocenters. The molecule has 3 aliphatic rings. The molecule has 11 heteroatoms. The lowest BCUT2D eigenvalue weighted by Gasteiger charge is -2.44. The van der Waals surface area contributed by atoms with E-state index in [0.29, 0.717) is 0 Å². The van der Waals surface area contributed by atoms with Gasteiger partial charge in [-0.2, -0.15) is 0 Å². The van der Waals surface area contributed by atoms with E-state index in [4.69, 9.17) is 14.2 Å². The molecule has 1 saturated heterocycles. The predicted molar refractivity (Wildman–Crippen MR) is 83.6 cm³/mol. The summed E-state index contributed by atoms with van der Waals surface area (Å²) < 4.78 is 16.0. The van der Waals surface area contributed by atoms with Gasteiger partial charge in [0.25, 0.3) is 0 Å². The Morgan fingerprint density at radius 3 is 2.44 bits per heavy atom. The zero-order chi connectivity index (χ0) is 19.9. The van der Waals surface area contributed by atoms with Gasteiger partial charge in [0.15, 0.2) is 6.29 Å². The topological polar surface area (TPSA) is 186 Å². The lowest BCUT2D eigenvalue weighted by atomic mass is 9.79. The van der Waals surface area contributed by atoms with Crippen molar-refractivity contribution < 1.29 is 54.8 Å². The molecule has 0 aromatic rings. The lowest BCUT2D eigenvalue weighted by molar-refractivity contribution is -0.346. The maximum Gasteiger partial charge on any atom is 0.335 e. The highest BCUT2D eigenvalue weighted by Gasteiger charge is 2.55. The van der Waals surface area contributed by atoms with E-state index < -0.39 is 73.6 Å². The molecule has 7 N–H and O–H groups in total. The Kier molecular flexibility index (Phi) is 5.57. The first-order valence-corrected chi connectivity index (χ1v) is 8.31. The van der Waals surface area contributed by atoms with E-state index in [1.165, 1.54) is 12.2 Å². The quantitative estimate of drug-likeness (QED) is 0.233. The molecule has 0 radical (unpaired) electrons. The summed E-state index contributed by atoms with van der Waals surface area (Å²) in [6.45, 7) is -1.40. The Balaban J connectivity index is 1.84. The highest BCUT2D eigenvalue weighted by Crippen LogP contribution is 2.45. The van der Waals surface area contributed by atoms with Gasteiger partial charge in [-0.3, -0.25) is 0 Å². The summed E-state index contributed by atoms with van der Waals surface area (Å²) in [7, 11) is 0. The minimum absolute atomic E-state index is 0.158. The van der Waals surface area contributed by atoms with Crippen molar-refractivity contribution in [3.8, 4) is 0 Å². The monoisotopic (exact) mass is 390 g/mol.